The number of carbonyl (C=O) groups is 2. The summed E-state index contributed by atoms with van der Waals surface area (Å²) in [5.41, 5.74) is 2.07. The predicted octanol–water partition coefficient (Wildman–Crippen LogP) is 2.88. The Morgan fingerprint density at radius 2 is 1.93 bits per heavy atom. The number of hydrogen-bond acceptors (Lipinski definition) is 7. The van der Waals surface area contributed by atoms with Gasteiger partial charge in [0.25, 0.3) is 5.91 Å². The maximum atomic E-state index is 12.0. The Morgan fingerprint density at radius 1 is 1.11 bits per heavy atom. The highest BCUT2D eigenvalue weighted by atomic mass is 32.1. The number of aromatic nitrogens is 2. The van der Waals surface area contributed by atoms with E-state index in [0.717, 1.165) is 20.6 Å². The van der Waals surface area contributed by atoms with Gasteiger partial charge in [0, 0.05) is 18.4 Å². The van der Waals surface area contributed by atoms with Crippen molar-refractivity contribution in [1.29, 1.82) is 0 Å². The average molecular weight is 395 g/mol. The van der Waals surface area contributed by atoms with Crippen molar-refractivity contribution in [3.8, 4) is 0 Å². The highest BCUT2D eigenvalue weighted by Crippen LogP contribution is 2.21. The van der Waals surface area contributed by atoms with Gasteiger partial charge in [0.15, 0.2) is 12.2 Å². The molecule has 8 heteroatoms. The fraction of sp³-hybridized carbons (Fsp3) is 0.200. The van der Waals surface area contributed by atoms with Gasteiger partial charge < -0.3 is 14.6 Å². The molecule has 2 heterocycles. The number of amides is 1. The van der Waals surface area contributed by atoms with E-state index in [-0.39, 0.29) is 18.9 Å². The molecule has 0 saturated heterocycles. The van der Waals surface area contributed by atoms with E-state index in [0.29, 0.717) is 24.2 Å². The number of fused-ring (bicyclic) bond motifs is 2. The Bertz CT molecular complexity index is 1100. The van der Waals surface area contributed by atoms with Crippen molar-refractivity contribution in [2.75, 3.05) is 13.2 Å². The molecule has 1 N–H and O–H groups in total. The number of rotatable bonds is 7. The first kappa shape index (κ1) is 18.1. The molecule has 0 fully saturated rings. The molecule has 4 rings (SSSR count). The van der Waals surface area contributed by atoms with Crippen LogP contribution in [-0.2, 0) is 27.2 Å². The van der Waals surface area contributed by atoms with Crippen LogP contribution in [0.5, 0.6) is 0 Å². The molecule has 0 bridgehead atoms. The number of benzene rings is 2. The van der Waals surface area contributed by atoms with Crippen molar-refractivity contribution in [3.05, 3.63) is 59.2 Å². The molecular formula is C20H17N3O4S. The fourth-order valence-electron chi connectivity index (χ4n) is 2.79. The van der Waals surface area contributed by atoms with Gasteiger partial charge in [0.1, 0.15) is 5.69 Å². The van der Waals surface area contributed by atoms with Crippen LogP contribution in [0.4, 0.5) is 0 Å². The van der Waals surface area contributed by atoms with Gasteiger partial charge in [0.05, 0.1) is 21.6 Å². The van der Waals surface area contributed by atoms with E-state index in [1.807, 2.05) is 42.5 Å². The monoisotopic (exact) mass is 395 g/mol. The van der Waals surface area contributed by atoms with E-state index in [2.05, 4.69) is 15.5 Å². The minimum Gasteiger partial charge on any atom is -0.455 e. The number of hydrogen-bond donors (Lipinski definition) is 1. The number of para-hydroxylation sites is 2. The van der Waals surface area contributed by atoms with Crippen LogP contribution in [0.15, 0.2) is 53.1 Å². The summed E-state index contributed by atoms with van der Waals surface area (Å²) >= 11 is 1.61. The molecule has 0 aliphatic heterocycles. The maximum Gasteiger partial charge on any atom is 0.312 e. The lowest BCUT2D eigenvalue weighted by Crippen LogP contribution is -2.30. The highest BCUT2D eigenvalue weighted by molar-refractivity contribution is 7.18. The van der Waals surface area contributed by atoms with Crippen LogP contribution in [0, 0.1) is 0 Å². The second-order valence-electron chi connectivity index (χ2n) is 6.14. The van der Waals surface area contributed by atoms with Gasteiger partial charge in [-0.05, 0) is 24.3 Å². The van der Waals surface area contributed by atoms with E-state index in [1.54, 1.807) is 17.4 Å². The Labute approximate surface area is 164 Å². The van der Waals surface area contributed by atoms with Gasteiger partial charge in [-0.25, -0.2) is 4.98 Å². The molecular weight excluding hydrogens is 378 g/mol. The van der Waals surface area contributed by atoms with Crippen LogP contribution >= 0.6 is 11.3 Å². The Hall–Kier alpha value is -3.26. The van der Waals surface area contributed by atoms with E-state index >= 15 is 0 Å². The van der Waals surface area contributed by atoms with Crippen molar-refractivity contribution >= 4 is 44.4 Å². The van der Waals surface area contributed by atoms with E-state index in [1.165, 1.54) is 0 Å². The first-order valence-electron chi connectivity index (χ1n) is 8.79. The zero-order valence-corrected chi connectivity index (χ0v) is 15.7. The molecule has 0 saturated carbocycles. The first-order valence-corrected chi connectivity index (χ1v) is 9.61. The molecule has 0 spiro atoms. The molecule has 0 aliphatic rings. The third-order valence-corrected chi connectivity index (χ3v) is 5.22. The SMILES string of the molecule is O=C(COC(=O)Cc1noc2ccccc12)NCCc1nc2ccccc2s1. The number of nitrogens with zero attached hydrogens (tertiary/aromatic N) is 2. The summed E-state index contributed by atoms with van der Waals surface area (Å²) in [4.78, 5) is 28.4. The van der Waals surface area contributed by atoms with Crippen LogP contribution in [0.25, 0.3) is 21.2 Å². The van der Waals surface area contributed by atoms with Gasteiger partial charge in [-0.3, -0.25) is 9.59 Å². The van der Waals surface area contributed by atoms with Crippen LogP contribution in [0.3, 0.4) is 0 Å². The van der Waals surface area contributed by atoms with Gasteiger partial charge in [-0.1, -0.05) is 29.4 Å². The largest absolute Gasteiger partial charge is 0.455 e. The van der Waals surface area contributed by atoms with Gasteiger partial charge in [0.2, 0.25) is 0 Å². The van der Waals surface area contributed by atoms with Crippen LogP contribution in [0.1, 0.15) is 10.7 Å². The van der Waals surface area contributed by atoms with Crippen molar-refractivity contribution in [3.63, 3.8) is 0 Å². The molecule has 0 atom stereocenters. The number of carbonyl (C=O) groups excluding carboxylic acids is 2. The van der Waals surface area contributed by atoms with Crippen LogP contribution in [0.2, 0.25) is 0 Å². The van der Waals surface area contributed by atoms with Crippen LogP contribution in [-0.4, -0.2) is 35.2 Å². The van der Waals surface area contributed by atoms with Gasteiger partial charge >= 0.3 is 5.97 Å². The first-order chi connectivity index (χ1) is 13.7. The normalized spacial score (nSPS) is 11.0. The van der Waals surface area contributed by atoms with Crippen molar-refractivity contribution < 1.29 is 18.8 Å². The number of thiazole rings is 1. The molecule has 1 amide bonds. The summed E-state index contributed by atoms with van der Waals surface area (Å²) in [5, 5.41) is 8.34. The second-order valence-corrected chi connectivity index (χ2v) is 7.25. The third kappa shape index (κ3) is 4.17. The summed E-state index contributed by atoms with van der Waals surface area (Å²) in [6.45, 7) is 0.110. The molecule has 7 nitrogen and oxygen atoms in total. The maximum absolute atomic E-state index is 12.0. The molecule has 28 heavy (non-hydrogen) atoms. The molecule has 2 aromatic heterocycles. The molecule has 0 unspecified atom stereocenters. The summed E-state index contributed by atoms with van der Waals surface area (Å²) in [5.74, 6) is -0.875. The van der Waals surface area contributed by atoms with Crippen molar-refractivity contribution in [2.45, 2.75) is 12.8 Å². The zero-order valence-electron chi connectivity index (χ0n) is 14.9. The highest BCUT2D eigenvalue weighted by Gasteiger charge is 2.14. The second kappa shape index (κ2) is 8.18. The van der Waals surface area contributed by atoms with Crippen molar-refractivity contribution in [2.24, 2.45) is 0 Å². The Morgan fingerprint density at radius 3 is 2.82 bits per heavy atom. The van der Waals surface area contributed by atoms with Crippen LogP contribution < -0.4 is 5.32 Å². The summed E-state index contributed by atoms with van der Waals surface area (Å²) < 4.78 is 11.3. The average Bonchev–Trinajstić information content (AvgIpc) is 3.30. The number of ether oxygens (including phenoxy) is 1. The zero-order chi connectivity index (χ0) is 19.3. The summed E-state index contributed by atoms with van der Waals surface area (Å²) in [6, 6.07) is 15.2. The Kier molecular flexibility index (Phi) is 5.29. The quantitative estimate of drug-likeness (QED) is 0.484. The standard InChI is InChI=1S/C20H17N3O4S/c24-18(21-10-9-19-22-14-6-2-4-8-17(14)28-19)12-26-20(25)11-15-13-5-1-3-7-16(13)27-23-15/h1-8H,9-12H2,(H,21,24). The van der Waals surface area contributed by atoms with E-state index in [4.69, 9.17) is 9.26 Å². The lowest BCUT2D eigenvalue weighted by atomic mass is 10.2. The van der Waals surface area contributed by atoms with Gasteiger partial charge in [-0.2, -0.15) is 0 Å². The minimum absolute atomic E-state index is 0.0456. The number of nitrogens with one attached hydrogen (secondary N) is 1. The van der Waals surface area contributed by atoms with E-state index in [9.17, 15) is 9.59 Å². The third-order valence-electron chi connectivity index (χ3n) is 4.13. The van der Waals surface area contributed by atoms with Gasteiger partial charge in [-0.15, -0.1) is 11.3 Å². The van der Waals surface area contributed by atoms with E-state index < -0.39 is 5.97 Å². The smallest absolute Gasteiger partial charge is 0.312 e. The topological polar surface area (TPSA) is 94.3 Å². The molecule has 0 radical (unpaired) electrons. The Balaban J connectivity index is 1.21. The molecule has 4 aromatic rings. The predicted molar refractivity (Wildman–Crippen MR) is 105 cm³/mol. The lowest BCUT2D eigenvalue weighted by Gasteiger charge is -2.05. The fourth-order valence-corrected chi connectivity index (χ4v) is 3.75. The van der Waals surface area contributed by atoms with Crippen molar-refractivity contribution in [1.82, 2.24) is 15.5 Å². The molecule has 2 aromatic carbocycles. The number of esters is 1. The summed E-state index contributed by atoms with van der Waals surface area (Å²) in [7, 11) is 0. The minimum atomic E-state index is -0.527. The molecule has 142 valence electrons. The summed E-state index contributed by atoms with van der Waals surface area (Å²) in [6.07, 6.45) is 0.583. The lowest BCUT2D eigenvalue weighted by molar-refractivity contribution is -0.147. The molecule has 0 aliphatic carbocycles.